The van der Waals surface area contributed by atoms with Gasteiger partial charge in [0.2, 0.25) is 21.8 Å². The predicted octanol–water partition coefficient (Wildman–Crippen LogP) is 2.61. The number of methoxy groups -OCH3 is 1. The first-order valence-corrected chi connectivity index (χ1v) is 10.0. The normalized spacial score (nSPS) is 12.1. The standard InChI is InChI=1S/C18H20ClN3O5S/c1-11(18(24)21-14-6-4-13(5-7-14)20-12(2)23)22-28(25,26)15-8-9-17(27-3)16(19)10-15/h4-11,22H,1-3H3,(H,20,23)(H,21,24)/t11-/m0/s1. The highest BCUT2D eigenvalue weighted by molar-refractivity contribution is 7.89. The van der Waals surface area contributed by atoms with Gasteiger partial charge < -0.3 is 15.4 Å². The Morgan fingerprint density at radius 2 is 1.61 bits per heavy atom. The molecule has 2 aromatic carbocycles. The molecule has 150 valence electrons. The van der Waals surface area contributed by atoms with E-state index in [2.05, 4.69) is 15.4 Å². The van der Waals surface area contributed by atoms with Gasteiger partial charge in [-0.25, -0.2) is 8.42 Å². The van der Waals surface area contributed by atoms with Gasteiger partial charge in [0.1, 0.15) is 5.75 Å². The van der Waals surface area contributed by atoms with Crippen molar-refractivity contribution >= 4 is 44.8 Å². The van der Waals surface area contributed by atoms with Crippen molar-refractivity contribution in [1.82, 2.24) is 4.72 Å². The van der Waals surface area contributed by atoms with Gasteiger partial charge in [0, 0.05) is 18.3 Å². The van der Waals surface area contributed by atoms with Crippen LogP contribution in [0.4, 0.5) is 11.4 Å². The molecule has 0 spiro atoms. The fourth-order valence-corrected chi connectivity index (χ4v) is 3.81. The number of amides is 2. The summed E-state index contributed by atoms with van der Waals surface area (Å²) in [5.41, 5.74) is 1.04. The number of carbonyl (C=O) groups excluding carboxylic acids is 2. The molecule has 0 unspecified atom stereocenters. The van der Waals surface area contributed by atoms with E-state index < -0.39 is 22.0 Å². The number of carbonyl (C=O) groups is 2. The van der Waals surface area contributed by atoms with Gasteiger partial charge >= 0.3 is 0 Å². The molecule has 1 atom stereocenters. The van der Waals surface area contributed by atoms with Crippen molar-refractivity contribution in [2.24, 2.45) is 0 Å². The van der Waals surface area contributed by atoms with E-state index in [-0.39, 0.29) is 15.8 Å². The monoisotopic (exact) mass is 425 g/mol. The second-order valence-electron chi connectivity index (χ2n) is 5.89. The Morgan fingerprint density at radius 1 is 1.04 bits per heavy atom. The maximum atomic E-state index is 12.5. The molecule has 0 aliphatic heterocycles. The molecule has 28 heavy (non-hydrogen) atoms. The van der Waals surface area contributed by atoms with E-state index in [1.807, 2.05) is 0 Å². The highest BCUT2D eigenvalue weighted by atomic mass is 35.5. The third-order valence-electron chi connectivity index (χ3n) is 3.63. The molecule has 0 bridgehead atoms. The summed E-state index contributed by atoms with van der Waals surface area (Å²) in [6.45, 7) is 2.81. The number of benzene rings is 2. The third kappa shape index (κ3) is 5.69. The fourth-order valence-electron chi connectivity index (χ4n) is 2.26. The number of hydrogen-bond donors (Lipinski definition) is 3. The second-order valence-corrected chi connectivity index (χ2v) is 8.01. The first-order valence-electron chi connectivity index (χ1n) is 8.17. The van der Waals surface area contributed by atoms with Crippen LogP contribution in [0.3, 0.4) is 0 Å². The Kier molecular flexibility index (Phi) is 7.00. The maximum Gasteiger partial charge on any atom is 0.242 e. The Bertz CT molecular complexity index is 977. The van der Waals surface area contributed by atoms with Crippen LogP contribution in [0.5, 0.6) is 5.75 Å². The van der Waals surface area contributed by atoms with Crippen molar-refractivity contribution in [1.29, 1.82) is 0 Å². The van der Waals surface area contributed by atoms with Gasteiger partial charge in [-0.2, -0.15) is 4.72 Å². The lowest BCUT2D eigenvalue weighted by molar-refractivity contribution is -0.117. The highest BCUT2D eigenvalue weighted by Gasteiger charge is 2.23. The molecule has 0 saturated heterocycles. The molecule has 0 radical (unpaired) electrons. The predicted molar refractivity (Wildman–Crippen MR) is 107 cm³/mol. The van der Waals surface area contributed by atoms with Gasteiger partial charge in [-0.3, -0.25) is 9.59 Å². The van der Waals surface area contributed by atoms with Crippen molar-refractivity contribution in [3.8, 4) is 5.75 Å². The van der Waals surface area contributed by atoms with Gasteiger partial charge in [0.15, 0.2) is 0 Å². The minimum Gasteiger partial charge on any atom is -0.495 e. The van der Waals surface area contributed by atoms with E-state index >= 15 is 0 Å². The Balaban J connectivity index is 2.04. The van der Waals surface area contributed by atoms with E-state index in [1.54, 1.807) is 24.3 Å². The summed E-state index contributed by atoms with van der Waals surface area (Å²) in [6, 6.07) is 9.38. The van der Waals surface area contributed by atoms with Gasteiger partial charge in [0.25, 0.3) is 0 Å². The number of rotatable bonds is 7. The molecular weight excluding hydrogens is 406 g/mol. The highest BCUT2D eigenvalue weighted by Crippen LogP contribution is 2.27. The largest absolute Gasteiger partial charge is 0.495 e. The van der Waals surface area contributed by atoms with Crippen LogP contribution in [-0.4, -0.2) is 33.4 Å². The molecule has 0 heterocycles. The van der Waals surface area contributed by atoms with Gasteiger partial charge in [-0.1, -0.05) is 11.6 Å². The lowest BCUT2D eigenvalue weighted by Gasteiger charge is -2.15. The molecule has 8 nitrogen and oxygen atoms in total. The lowest BCUT2D eigenvalue weighted by atomic mass is 10.2. The molecule has 0 aliphatic rings. The molecule has 10 heteroatoms. The van der Waals surface area contributed by atoms with E-state index in [0.717, 1.165) is 0 Å². The van der Waals surface area contributed by atoms with Crippen LogP contribution in [0.2, 0.25) is 5.02 Å². The summed E-state index contributed by atoms with van der Waals surface area (Å²) in [5.74, 6) is -0.414. The lowest BCUT2D eigenvalue weighted by Crippen LogP contribution is -2.41. The van der Waals surface area contributed by atoms with Crippen molar-refractivity contribution in [2.75, 3.05) is 17.7 Å². The number of sulfonamides is 1. The SMILES string of the molecule is COc1ccc(S(=O)(=O)N[C@@H](C)C(=O)Nc2ccc(NC(C)=O)cc2)cc1Cl. The third-order valence-corrected chi connectivity index (χ3v) is 5.47. The van der Waals surface area contributed by atoms with Crippen LogP contribution in [-0.2, 0) is 19.6 Å². The molecule has 0 fully saturated rings. The van der Waals surface area contributed by atoms with E-state index in [0.29, 0.717) is 17.1 Å². The minimum atomic E-state index is -3.96. The zero-order chi connectivity index (χ0) is 20.9. The fraction of sp³-hybridized carbons (Fsp3) is 0.222. The first-order chi connectivity index (χ1) is 13.1. The molecule has 0 aromatic heterocycles. The number of anilines is 2. The molecule has 2 rings (SSSR count). The molecule has 0 saturated carbocycles. The number of hydrogen-bond acceptors (Lipinski definition) is 5. The molecule has 0 aliphatic carbocycles. The number of halogens is 1. The quantitative estimate of drug-likeness (QED) is 0.631. The average molecular weight is 426 g/mol. The zero-order valence-corrected chi connectivity index (χ0v) is 17.0. The topological polar surface area (TPSA) is 114 Å². The zero-order valence-electron chi connectivity index (χ0n) is 15.4. The summed E-state index contributed by atoms with van der Waals surface area (Å²) in [6.07, 6.45) is 0. The summed E-state index contributed by atoms with van der Waals surface area (Å²) in [7, 11) is -2.54. The molecule has 2 amide bonds. The average Bonchev–Trinajstić information content (AvgIpc) is 2.62. The van der Waals surface area contributed by atoms with Crippen molar-refractivity contribution in [3.63, 3.8) is 0 Å². The number of ether oxygens (including phenoxy) is 1. The Morgan fingerprint density at radius 3 is 2.11 bits per heavy atom. The summed E-state index contributed by atoms with van der Waals surface area (Å²) < 4.78 is 32.2. The molecule has 3 N–H and O–H groups in total. The van der Waals surface area contributed by atoms with Crippen molar-refractivity contribution in [2.45, 2.75) is 24.8 Å². The summed E-state index contributed by atoms with van der Waals surface area (Å²) in [4.78, 5) is 23.2. The molecule has 2 aromatic rings. The molecular formula is C18H20ClN3O5S. The Hall–Kier alpha value is -2.62. The van der Waals surface area contributed by atoms with E-state index in [9.17, 15) is 18.0 Å². The van der Waals surface area contributed by atoms with Crippen LogP contribution < -0.4 is 20.1 Å². The van der Waals surface area contributed by atoms with Crippen LogP contribution >= 0.6 is 11.6 Å². The summed E-state index contributed by atoms with van der Waals surface area (Å²) in [5, 5.41) is 5.35. The van der Waals surface area contributed by atoms with Crippen LogP contribution in [0, 0.1) is 0 Å². The van der Waals surface area contributed by atoms with Crippen LogP contribution in [0.25, 0.3) is 0 Å². The van der Waals surface area contributed by atoms with Crippen molar-refractivity contribution < 1.29 is 22.7 Å². The van der Waals surface area contributed by atoms with Gasteiger partial charge in [0.05, 0.1) is 23.1 Å². The Labute approximate surface area is 168 Å². The van der Waals surface area contributed by atoms with Gasteiger partial charge in [-0.15, -0.1) is 0 Å². The number of nitrogens with one attached hydrogen (secondary N) is 3. The summed E-state index contributed by atoms with van der Waals surface area (Å²) >= 11 is 5.96. The van der Waals surface area contributed by atoms with Crippen LogP contribution in [0.1, 0.15) is 13.8 Å². The second kappa shape index (κ2) is 9.05. The first kappa shape index (κ1) is 21.7. The smallest absolute Gasteiger partial charge is 0.242 e. The van der Waals surface area contributed by atoms with Crippen molar-refractivity contribution in [3.05, 3.63) is 47.5 Å². The maximum absolute atomic E-state index is 12.5. The minimum absolute atomic E-state index is 0.0855. The van der Waals surface area contributed by atoms with E-state index in [4.69, 9.17) is 16.3 Å². The van der Waals surface area contributed by atoms with Gasteiger partial charge in [-0.05, 0) is 49.4 Å². The van der Waals surface area contributed by atoms with E-state index in [1.165, 1.54) is 39.2 Å². The van der Waals surface area contributed by atoms with Crippen LogP contribution in [0.15, 0.2) is 47.4 Å².